The first kappa shape index (κ1) is 15.9. The van der Waals surface area contributed by atoms with Gasteiger partial charge < -0.3 is 10.4 Å². The molecule has 2 unspecified atom stereocenters. The average Bonchev–Trinajstić information content (AvgIpc) is 2.29. The molecule has 2 N–H and O–H groups in total. The average molecular weight is 278 g/mol. The highest BCUT2D eigenvalue weighted by atomic mass is 32.2. The molecular weight excluding hydrogens is 252 g/mol. The molecule has 0 aliphatic carbocycles. The number of nitrogens with zero attached hydrogens (tertiary/aromatic N) is 1. The number of sulfone groups is 1. The standard InChI is InChI=1S/C12H26N2O3S/c1-4-13-12(3,10-15)9-11(2)14-5-7-18(16,17)8-6-14/h11,13,15H,4-10H2,1-3H3. The number of hydrogen-bond donors (Lipinski definition) is 2. The monoisotopic (exact) mass is 278 g/mol. The third-order valence-electron chi connectivity index (χ3n) is 3.70. The van der Waals surface area contributed by atoms with E-state index in [4.69, 9.17) is 0 Å². The first-order valence-electron chi connectivity index (χ1n) is 6.62. The van der Waals surface area contributed by atoms with Gasteiger partial charge in [-0.15, -0.1) is 0 Å². The number of aliphatic hydroxyl groups excluding tert-OH is 1. The molecule has 1 fully saturated rings. The molecule has 0 spiro atoms. The molecule has 1 heterocycles. The van der Waals surface area contributed by atoms with Crippen LogP contribution >= 0.6 is 0 Å². The van der Waals surface area contributed by atoms with Crippen molar-refractivity contribution in [2.75, 3.05) is 37.7 Å². The number of rotatable bonds is 6. The van der Waals surface area contributed by atoms with Gasteiger partial charge in [-0.3, -0.25) is 4.90 Å². The molecule has 1 aliphatic heterocycles. The molecule has 1 saturated heterocycles. The molecular formula is C12H26N2O3S. The van der Waals surface area contributed by atoms with Gasteiger partial charge in [-0.1, -0.05) is 6.92 Å². The maximum absolute atomic E-state index is 11.4. The number of hydrogen-bond acceptors (Lipinski definition) is 5. The molecule has 0 radical (unpaired) electrons. The van der Waals surface area contributed by atoms with E-state index in [1.165, 1.54) is 0 Å². The Labute approximate surface area is 110 Å². The maximum Gasteiger partial charge on any atom is 0.152 e. The van der Waals surface area contributed by atoms with Gasteiger partial charge in [0.15, 0.2) is 9.84 Å². The Morgan fingerprint density at radius 2 is 1.94 bits per heavy atom. The lowest BCUT2D eigenvalue weighted by atomic mass is 9.93. The second kappa shape index (κ2) is 6.32. The van der Waals surface area contributed by atoms with Crippen molar-refractivity contribution in [1.82, 2.24) is 10.2 Å². The molecule has 6 heteroatoms. The van der Waals surface area contributed by atoms with Crippen LogP contribution in [-0.4, -0.2) is 67.8 Å². The molecule has 18 heavy (non-hydrogen) atoms. The fourth-order valence-electron chi connectivity index (χ4n) is 2.57. The minimum Gasteiger partial charge on any atom is -0.394 e. The van der Waals surface area contributed by atoms with E-state index in [0.29, 0.717) is 13.1 Å². The molecule has 0 saturated carbocycles. The Morgan fingerprint density at radius 3 is 2.39 bits per heavy atom. The summed E-state index contributed by atoms with van der Waals surface area (Å²) in [5.41, 5.74) is -0.287. The van der Waals surface area contributed by atoms with Gasteiger partial charge in [0.25, 0.3) is 0 Å². The summed E-state index contributed by atoms with van der Waals surface area (Å²) in [4.78, 5) is 2.20. The van der Waals surface area contributed by atoms with E-state index in [2.05, 4.69) is 17.1 Å². The topological polar surface area (TPSA) is 69.6 Å². The van der Waals surface area contributed by atoms with Gasteiger partial charge in [0, 0.05) is 24.7 Å². The summed E-state index contributed by atoms with van der Waals surface area (Å²) < 4.78 is 22.8. The van der Waals surface area contributed by atoms with Crippen molar-refractivity contribution in [3.63, 3.8) is 0 Å². The normalized spacial score (nSPS) is 25.6. The quantitative estimate of drug-likeness (QED) is 0.707. The van der Waals surface area contributed by atoms with E-state index < -0.39 is 9.84 Å². The van der Waals surface area contributed by atoms with E-state index in [9.17, 15) is 13.5 Å². The van der Waals surface area contributed by atoms with Crippen LogP contribution in [0.2, 0.25) is 0 Å². The van der Waals surface area contributed by atoms with Crippen LogP contribution in [0.25, 0.3) is 0 Å². The number of aliphatic hydroxyl groups is 1. The number of nitrogens with one attached hydrogen (secondary N) is 1. The van der Waals surface area contributed by atoms with E-state index in [1.807, 2.05) is 13.8 Å². The zero-order valence-electron chi connectivity index (χ0n) is 11.6. The summed E-state index contributed by atoms with van der Waals surface area (Å²) in [5.74, 6) is 0.517. The SMILES string of the molecule is CCNC(C)(CO)CC(C)N1CCS(=O)(=O)CC1. The van der Waals surface area contributed by atoms with Crippen LogP contribution in [0.5, 0.6) is 0 Å². The van der Waals surface area contributed by atoms with E-state index in [1.54, 1.807) is 0 Å². The van der Waals surface area contributed by atoms with Crippen LogP contribution in [0.1, 0.15) is 27.2 Å². The molecule has 0 aromatic carbocycles. The fourth-order valence-corrected chi connectivity index (χ4v) is 3.80. The van der Waals surface area contributed by atoms with Gasteiger partial charge >= 0.3 is 0 Å². The van der Waals surface area contributed by atoms with Crippen molar-refractivity contribution in [2.24, 2.45) is 0 Å². The predicted octanol–water partition coefficient (Wildman–Crippen LogP) is -0.144. The maximum atomic E-state index is 11.4. The van der Waals surface area contributed by atoms with Crippen molar-refractivity contribution in [2.45, 2.75) is 38.8 Å². The molecule has 2 atom stereocenters. The van der Waals surface area contributed by atoms with E-state index in [-0.39, 0.29) is 29.7 Å². The highest BCUT2D eigenvalue weighted by Crippen LogP contribution is 2.18. The lowest BCUT2D eigenvalue weighted by Gasteiger charge is -2.38. The van der Waals surface area contributed by atoms with Crippen molar-refractivity contribution in [3.8, 4) is 0 Å². The lowest BCUT2D eigenvalue weighted by Crippen LogP contribution is -2.52. The van der Waals surface area contributed by atoms with Crippen molar-refractivity contribution >= 4 is 9.84 Å². The van der Waals surface area contributed by atoms with Crippen LogP contribution in [0.4, 0.5) is 0 Å². The molecule has 0 aromatic heterocycles. The first-order valence-corrected chi connectivity index (χ1v) is 8.44. The third kappa shape index (κ3) is 4.50. The zero-order valence-corrected chi connectivity index (χ0v) is 12.5. The molecule has 5 nitrogen and oxygen atoms in total. The Balaban J connectivity index is 2.52. The summed E-state index contributed by atoms with van der Waals surface area (Å²) in [6, 6.07) is 0.275. The minimum atomic E-state index is -2.82. The molecule has 0 aromatic rings. The highest BCUT2D eigenvalue weighted by molar-refractivity contribution is 7.91. The van der Waals surface area contributed by atoms with E-state index >= 15 is 0 Å². The summed E-state index contributed by atoms with van der Waals surface area (Å²) in [6.45, 7) is 8.26. The lowest BCUT2D eigenvalue weighted by molar-refractivity contribution is 0.120. The zero-order chi connectivity index (χ0) is 13.8. The first-order chi connectivity index (χ1) is 8.32. The Hall–Kier alpha value is -0.170. The van der Waals surface area contributed by atoms with Gasteiger partial charge in [0.1, 0.15) is 0 Å². The van der Waals surface area contributed by atoms with Crippen molar-refractivity contribution in [3.05, 3.63) is 0 Å². The second-order valence-corrected chi connectivity index (χ2v) is 7.79. The molecule has 108 valence electrons. The van der Waals surface area contributed by atoms with Gasteiger partial charge in [-0.25, -0.2) is 8.42 Å². The van der Waals surface area contributed by atoms with Gasteiger partial charge in [0.2, 0.25) is 0 Å². The molecule has 0 amide bonds. The van der Waals surface area contributed by atoms with Gasteiger partial charge in [-0.2, -0.15) is 0 Å². The Kier molecular flexibility index (Phi) is 5.58. The molecule has 1 aliphatic rings. The highest BCUT2D eigenvalue weighted by Gasteiger charge is 2.30. The fraction of sp³-hybridized carbons (Fsp3) is 1.00. The van der Waals surface area contributed by atoms with Gasteiger partial charge in [0.05, 0.1) is 18.1 Å². The van der Waals surface area contributed by atoms with Crippen LogP contribution in [-0.2, 0) is 9.84 Å². The molecule has 1 rings (SSSR count). The largest absolute Gasteiger partial charge is 0.394 e. The number of likely N-dealkylation sites (N-methyl/N-ethyl adjacent to an activating group) is 1. The smallest absolute Gasteiger partial charge is 0.152 e. The van der Waals surface area contributed by atoms with Crippen LogP contribution in [0.3, 0.4) is 0 Å². The summed E-state index contributed by atoms with van der Waals surface area (Å²) in [6.07, 6.45) is 0.817. The van der Waals surface area contributed by atoms with Crippen LogP contribution in [0, 0.1) is 0 Å². The Bertz CT molecular complexity index is 344. The summed E-state index contributed by atoms with van der Waals surface area (Å²) in [7, 11) is -2.82. The predicted molar refractivity (Wildman–Crippen MR) is 73.5 cm³/mol. The van der Waals surface area contributed by atoms with Gasteiger partial charge in [-0.05, 0) is 26.8 Å². The van der Waals surface area contributed by atoms with E-state index in [0.717, 1.165) is 13.0 Å². The summed E-state index contributed by atoms with van der Waals surface area (Å²) in [5, 5.41) is 12.8. The minimum absolute atomic E-state index is 0.0946. The molecule has 0 bridgehead atoms. The van der Waals surface area contributed by atoms with Crippen LogP contribution < -0.4 is 5.32 Å². The van der Waals surface area contributed by atoms with Crippen molar-refractivity contribution in [1.29, 1.82) is 0 Å². The van der Waals surface area contributed by atoms with Crippen LogP contribution in [0.15, 0.2) is 0 Å². The second-order valence-electron chi connectivity index (χ2n) is 5.49. The summed E-state index contributed by atoms with van der Waals surface area (Å²) >= 11 is 0. The Morgan fingerprint density at radius 1 is 1.39 bits per heavy atom. The van der Waals surface area contributed by atoms with Crippen molar-refractivity contribution < 1.29 is 13.5 Å². The third-order valence-corrected chi connectivity index (χ3v) is 5.31.